The molecule has 2 heterocycles. The number of sulfonamides is 1. The van der Waals surface area contributed by atoms with Crippen molar-refractivity contribution < 1.29 is 18.0 Å². The zero-order valence-electron chi connectivity index (χ0n) is 17.7. The highest BCUT2D eigenvalue weighted by Gasteiger charge is 2.30. The fourth-order valence-corrected chi connectivity index (χ4v) is 5.87. The molecule has 2 saturated heterocycles. The number of nitrogens with zero attached hydrogens (tertiary/aromatic N) is 3. The highest BCUT2D eigenvalue weighted by atomic mass is 35.5. The van der Waals surface area contributed by atoms with Crippen molar-refractivity contribution in [3.63, 3.8) is 0 Å². The number of halogens is 1. The Kier molecular flexibility index (Phi) is 6.83. The minimum absolute atomic E-state index is 0.0645. The van der Waals surface area contributed by atoms with Crippen molar-refractivity contribution in [2.75, 3.05) is 39.3 Å². The van der Waals surface area contributed by atoms with Crippen LogP contribution in [0.15, 0.2) is 53.4 Å². The van der Waals surface area contributed by atoms with Crippen LogP contribution in [0.1, 0.15) is 40.0 Å². The number of amides is 2. The van der Waals surface area contributed by atoms with Crippen molar-refractivity contribution in [1.29, 1.82) is 0 Å². The average Bonchev–Trinajstić information content (AvgIpc) is 2.84. The molecule has 0 atom stereocenters. The van der Waals surface area contributed by atoms with E-state index in [1.807, 2.05) is 18.2 Å². The fraction of sp³-hybridized carbons (Fsp3) is 0.391. The van der Waals surface area contributed by atoms with E-state index >= 15 is 0 Å². The van der Waals surface area contributed by atoms with E-state index in [0.29, 0.717) is 44.8 Å². The first kappa shape index (κ1) is 22.8. The summed E-state index contributed by atoms with van der Waals surface area (Å²) in [7, 11) is -3.67. The summed E-state index contributed by atoms with van der Waals surface area (Å²) in [5.74, 6) is -0.386. The first-order valence-electron chi connectivity index (χ1n) is 10.8. The summed E-state index contributed by atoms with van der Waals surface area (Å²) in [6.45, 7) is 2.51. The van der Waals surface area contributed by atoms with Crippen molar-refractivity contribution in [3.05, 3.63) is 64.7 Å². The monoisotopic (exact) mass is 475 g/mol. The van der Waals surface area contributed by atoms with Crippen molar-refractivity contribution in [2.24, 2.45) is 0 Å². The van der Waals surface area contributed by atoms with Gasteiger partial charge in [0.05, 0.1) is 15.5 Å². The van der Waals surface area contributed by atoms with Crippen LogP contribution in [0, 0.1) is 0 Å². The van der Waals surface area contributed by atoms with Gasteiger partial charge in [0, 0.05) is 44.8 Å². The predicted octanol–water partition coefficient (Wildman–Crippen LogP) is 3.11. The minimum atomic E-state index is -3.67. The number of benzene rings is 2. The molecule has 2 fully saturated rings. The summed E-state index contributed by atoms with van der Waals surface area (Å²) in [4.78, 5) is 29.2. The lowest BCUT2D eigenvalue weighted by atomic mass is 10.1. The summed E-state index contributed by atoms with van der Waals surface area (Å²) in [5.41, 5.74) is 0.790. The molecule has 2 aliphatic rings. The summed E-state index contributed by atoms with van der Waals surface area (Å²) in [6, 6.07) is 13.4. The highest BCUT2D eigenvalue weighted by molar-refractivity contribution is 7.89. The molecule has 0 radical (unpaired) electrons. The van der Waals surface area contributed by atoms with Crippen molar-refractivity contribution in [3.8, 4) is 0 Å². The molecule has 7 nitrogen and oxygen atoms in total. The number of rotatable bonds is 4. The molecule has 2 aromatic rings. The maximum Gasteiger partial charge on any atom is 0.255 e. The molecule has 2 amide bonds. The molecule has 0 unspecified atom stereocenters. The van der Waals surface area contributed by atoms with E-state index in [9.17, 15) is 18.0 Å². The van der Waals surface area contributed by atoms with Gasteiger partial charge in [-0.2, -0.15) is 4.31 Å². The smallest absolute Gasteiger partial charge is 0.255 e. The van der Waals surface area contributed by atoms with Crippen molar-refractivity contribution in [1.82, 2.24) is 14.1 Å². The minimum Gasteiger partial charge on any atom is -0.335 e. The van der Waals surface area contributed by atoms with E-state index in [1.54, 1.807) is 21.9 Å². The van der Waals surface area contributed by atoms with Crippen LogP contribution in [0.4, 0.5) is 0 Å². The molecule has 2 aliphatic heterocycles. The Morgan fingerprint density at radius 2 is 1.34 bits per heavy atom. The normalized spacial score (nSPS) is 17.9. The van der Waals surface area contributed by atoms with Gasteiger partial charge in [-0.05, 0) is 43.2 Å². The maximum atomic E-state index is 13.2. The van der Waals surface area contributed by atoms with Gasteiger partial charge >= 0.3 is 0 Å². The Morgan fingerprint density at radius 1 is 0.750 bits per heavy atom. The van der Waals surface area contributed by atoms with Crippen LogP contribution in [0.2, 0.25) is 5.02 Å². The summed E-state index contributed by atoms with van der Waals surface area (Å²) >= 11 is 6.28. The second-order valence-corrected chi connectivity index (χ2v) is 10.4. The lowest BCUT2D eigenvalue weighted by Crippen LogP contribution is -2.50. The Labute approximate surface area is 193 Å². The largest absolute Gasteiger partial charge is 0.335 e. The topological polar surface area (TPSA) is 78.0 Å². The van der Waals surface area contributed by atoms with Gasteiger partial charge in [0.15, 0.2) is 0 Å². The van der Waals surface area contributed by atoms with Gasteiger partial charge in [-0.15, -0.1) is 0 Å². The van der Waals surface area contributed by atoms with E-state index in [4.69, 9.17) is 11.6 Å². The van der Waals surface area contributed by atoms with E-state index < -0.39 is 10.0 Å². The van der Waals surface area contributed by atoms with Crippen LogP contribution in [-0.4, -0.2) is 73.6 Å². The first-order chi connectivity index (χ1) is 15.4. The lowest BCUT2D eigenvalue weighted by Gasteiger charge is -2.35. The van der Waals surface area contributed by atoms with Gasteiger partial charge in [0.25, 0.3) is 11.8 Å². The van der Waals surface area contributed by atoms with Crippen molar-refractivity contribution >= 4 is 33.4 Å². The van der Waals surface area contributed by atoms with Gasteiger partial charge in [0.1, 0.15) is 0 Å². The number of carbonyl (C=O) groups excluding carboxylic acids is 2. The zero-order valence-corrected chi connectivity index (χ0v) is 19.3. The van der Waals surface area contributed by atoms with E-state index in [0.717, 1.165) is 19.3 Å². The molecular weight excluding hydrogens is 450 g/mol. The summed E-state index contributed by atoms with van der Waals surface area (Å²) in [5, 5.41) is 0.218. The predicted molar refractivity (Wildman–Crippen MR) is 122 cm³/mol. The molecule has 0 aliphatic carbocycles. The van der Waals surface area contributed by atoms with E-state index in [-0.39, 0.29) is 27.3 Å². The molecule has 0 bridgehead atoms. The third-order valence-electron chi connectivity index (χ3n) is 6.00. The highest BCUT2D eigenvalue weighted by Crippen LogP contribution is 2.26. The van der Waals surface area contributed by atoms with Gasteiger partial charge in [-0.3, -0.25) is 9.59 Å². The maximum absolute atomic E-state index is 13.2. The first-order valence-corrected chi connectivity index (χ1v) is 12.6. The standard InChI is InChI=1S/C23H26ClN3O4S/c24-21-10-9-19(32(30,31)27-11-5-2-6-12-27)17-20(21)23(29)26-15-13-25(14-16-26)22(28)18-7-3-1-4-8-18/h1,3-4,7-10,17H,2,5-6,11-16H2. The van der Waals surface area contributed by atoms with Crippen LogP contribution >= 0.6 is 11.6 Å². The molecule has 4 rings (SSSR count). The Hall–Kier alpha value is -2.42. The van der Waals surface area contributed by atoms with Crippen LogP contribution in [0.25, 0.3) is 0 Å². The number of carbonyl (C=O) groups is 2. The van der Waals surface area contributed by atoms with Gasteiger partial charge in [0.2, 0.25) is 10.0 Å². The molecule has 9 heteroatoms. The summed E-state index contributed by atoms with van der Waals surface area (Å²) < 4.78 is 27.5. The van der Waals surface area contributed by atoms with Crippen molar-refractivity contribution in [2.45, 2.75) is 24.2 Å². The molecule has 170 valence electrons. The van der Waals surface area contributed by atoms with Gasteiger partial charge < -0.3 is 9.80 Å². The number of piperidine rings is 1. The second-order valence-electron chi connectivity index (χ2n) is 8.06. The molecule has 32 heavy (non-hydrogen) atoms. The average molecular weight is 476 g/mol. The molecule has 2 aromatic carbocycles. The zero-order chi connectivity index (χ0) is 22.7. The van der Waals surface area contributed by atoms with Gasteiger partial charge in [-0.1, -0.05) is 36.2 Å². The van der Waals surface area contributed by atoms with Crippen LogP contribution in [0.5, 0.6) is 0 Å². The Bertz CT molecular complexity index is 1090. The van der Waals surface area contributed by atoms with Crippen LogP contribution in [0.3, 0.4) is 0 Å². The van der Waals surface area contributed by atoms with Gasteiger partial charge in [-0.25, -0.2) is 8.42 Å². The Morgan fingerprint density at radius 3 is 1.97 bits per heavy atom. The molecule has 0 spiro atoms. The quantitative estimate of drug-likeness (QED) is 0.680. The van der Waals surface area contributed by atoms with E-state index in [1.165, 1.54) is 22.5 Å². The number of hydrogen-bond donors (Lipinski definition) is 0. The molecule has 0 N–H and O–H groups in total. The third-order valence-corrected chi connectivity index (χ3v) is 8.22. The second kappa shape index (κ2) is 9.60. The van der Waals surface area contributed by atoms with Crippen LogP contribution in [-0.2, 0) is 10.0 Å². The number of hydrogen-bond acceptors (Lipinski definition) is 4. The summed E-state index contributed by atoms with van der Waals surface area (Å²) in [6.07, 6.45) is 2.70. The molecular formula is C23H26ClN3O4S. The SMILES string of the molecule is O=C(c1ccccc1)N1CCN(C(=O)c2cc(S(=O)(=O)N3CCCCC3)ccc2Cl)CC1. The lowest BCUT2D eigenvalue weighted by molar-refractivity contribution is 0.0535. The van der Waals surface area contributed by atoms with E-state index in [2.05, 4.69) is 0 Å². The Balaban J connectivity index is 1.47. The number of piperazine rings is 1. The molecule has 0 saturated carbocycles. The fourth-order valence-electron chi connectivity index (χ4n) is 4.13. The van der Waals surface area contributed by atoms with Crippen LogP contribution < -0.4 is 0 Å². The third kappa shape index (κ3) is 4.67. The molecule has 0 aromatic heterocycles.